The van der Waals surface area contributed by atoms with Gasteiger partial charge in [0, 0.05) is 38.3 Å². The number of nitrogens with two attached hydrogens (primary N) is 1. The predicted octanol–water partition coefficient (Wildman–Crippen LogP) is 2.60. The first-order valence-corrected chi connectivity index (χ1v) is 10.5. The Morgan fingerprint density at radius 3 is 2.04 bits per heavy atom. The third-order valence-corrected chi connectivity index (χ3v) is 7.35. The van der Waals surface area contributed by atoms with Gasteiger partial charge in [0.1, 0.15) is 4.90 Å². The fourth-order valence-electron chi connectivity index (χ4n) is 3.02. The highest BCUT2D eigenvalue weighted by molar-refractivity contribution is 7.89. The molecule has 0 radical (unpaired) electrons. The van der Waals surface area contributed by atoms with Crippen molar-refractivity contribution < 1.29 is 13.2 Å². The minimum Gasteiger partial charge on any atom is -0.366 e. The molecule has 1 saturated heterocycles. The summed E-state index contributed by atoms with van der Waals surface area (Å²) in [5.41, 5.74) is 6.74. The minimum atomic E-state index is -3.74. The molecule has 0 unspecified atom stereocenters. The normalized spacial score (nSPS) is 16.4. The summed E-state index contributed by atoms with van der Waals surface area (Å²) in [6, 6.07) is 11.7. The fourth-order valence-corrected chi connectivity index (χ4v) is 5.53. The molecule has 2 aromatic carbocycles. The molecule has 0 spiro atoms. The molecule has 1 amide bonds. The van der Waals surface area contributed by atoms with E-state index in [1.807, 2.05) is 12.1 Å². The first-order chi connectivity index (χ1) is 12.8. The molecule has 3 rings (SSSR count). The topological polar surface area (TPSA) is 83.7 Å². The van der Waals surface area contributed by atoms with E-state index in [0.29, 0.717) is 38.3 Å². The van der Waals surface area contributed by atoms with Gasteiger partial charge in [-0.2, -0.15) is 4.31 Å². The second kappa shape index (κ2) is 8.16. The summed E-state index contributed by atoms with van der Waals surface area (Å²) < 4.78 is 27.2. The van der Waals surface area contributed by atoms with Crippen LogP contribution < -0.4 is 5.73 Å². The van der Waals surface area contributed by atoms with Crippen molar-refractivity contribution in [3.63, 3.8) is 0 Å². The molecule has 1 aliphatic rings. The Labute approximate surface area is 168 Å². The number of carbonyl (C=O) groups excluding carboxylic acids is 1. The van der Waals surface area contributed by atoms with Gasteiger partial charge in [0.15, 0.2) is 0 Å². The zero-order valence-electron chi connectivity index (χ0n) is 14.4. The highest BCUT2D eigenvalue weighted by Gasteiger charge is 2.31. The Kier molecular flexibility index (Phi) is 6.08. The number of primary amides is 1. The van der Waals surface area contributed by atoms with Gasteiger partial charge in [-0.1, -0.05) is 41.4 Å². The van der Waals surface area contributed by atoms with Crippen LogP contribution in [0.1, 0.15) is 15.9 Å². The van der Waals surface area contributed by atoms with Crippen molar-refractivity contribution >= 4 is 39.1 Å². The van der Waals surface area contributed by atoms with Gasteiger partial charge in [0.25, 0.3) is 0 Å². The lowest BCUT2D eigenvalue weighted by atomic mass is 10.1. The Morgan fingerprint density at radius 2 is 1.52 bits per heavy atom. The summed E-state index contributed by atoms with van der Waals surface area (Å²) >= 11 is 12.1. The van der Waals surface area contributed by atoms with E-state index in [2.05, 4.69) is 4.90 Å². The molecule has 2 aromatic rings. The maximum Gasteiger partial charge on any atom is 0.248 e. The molecule has 0 aliphatic carbocycles. The van der Waals surface area contributed by atoms with Crippen LogP contribution in [0, 0.1) is 0 Å². The number of rotatable bonds is 5. The Bertz CT molecular complexity index is 921. The first-order valence-electron chi connectivity index (χ1n) is 8.34. The Hall–Kier alpha value is -1.64. The highest BCUT2D eigenvalue weighted by Crippen LogP contribution is 2.31. The molecule has 9 heteroatoms. The summed E-state index contributed by atoms with van der Waals surface area (Å²) in [5, 5.41) is 0.249. The standard InChI is InChI=1S/C18H19Cl2N3O3S/c19-15-2-1-3-16(20)17(15)27(25,26)23-10-8-22(9-11-23)12-13-4-6-14(7-5-13)18(21)24/h1-7H,8-12H2,(H2,21,24). The molecule has 6 nitrogen and oxygen atoms in total. The van der Waals surface area contributed by atoms with Crippen molar-refractivity contribution in [2.24, 2.45) is 5.73 Å². The molecule has 0 atom stereocenters. The molecule has 1 aliphatic heterocycles. The maximum atomic E-state index is 12.9. The van der Waals surface area contributed by atoms with E-state index in [9.17, 15) is 13.2 Å². The number of halogens is 2. The van der Waals surface area contributed by atoms with E-state index in [0.717, 1.165) is 5.56 Å². The smallest absolute Gasteiger partial charge is 0.248 e. The summed E-state index contributed by atoms with van der Waals surface area (Å²) in [4.78, 5) is 13.2. The van der Waals surface area contributed by atoms with Crippen LogP contribution in [0.2, 0.25) is 10.0 Å². The zero-order chi connectivity index (χ0) is 19.6. The number of hydrogen-bond acceptors (Lipinski definition) is 4. The third-order valence-electron chi connectivity index (χ3n) is 4.49. The van der Waals surface area contributed by atoms with Gasteiger partial charge in [-0.15, -0.1) is 0 Å². The van der Waals surface area contributed by atoms with Crippen LogP contribution >= 0.6 is 23.2 Å². The molecule has 1 fully saturated rings. The average Bonchev–Trinajstić information content (AvgIpc) is 2.62. The monoisotopic (exact) mass is 427 g/mol. The summed E-state index contributed by atoms with van der Waals surface area (Å²) in [6.45, 7) is 2.53. The molecule has 144 valence electrons. The van der Waals surface area contributed by atoms with Crippen molar-refractivity contribution in [3.05, 3.63) is 63.6 Å². The number of amides is 1. The van der Waals surface area contributed by atoms with E-state index in [1.165, 1.54) is 16.4 Å². The lowest BCUT2D eigenvalue weighted by Gasteiger charge is -2.34. The van der Waals surface area contributed by atoms with E-state index in [4.69, 9.17) is 28.9 Å². The van der Waals surface area contributed by atoms with E-state index >= 15 is 0 Å². The number of benzene rings is 2. The Morgan fingerprint density at radius 1 is 0.963 bits per heavy atom. The molecular formula is C18H19Cl2N3O3S. The van der Waals surface area contributed by atoms with Gasteiger partial charge in [-0.3, -0.25) is 9.69 Å². The molecule has 1 heterocycles. The van der Waals surface area contributed by atoms with Gasteiger partial charge < -0.3 is 5.73 Å². The fraction of sp³-hybridized carbons (Fsp3) is 0.278. The van der Waals surface area contributed by atoms with Gasteiger partial charge in [0.2, 0.25) is 15.9 Å². The molecule has 27 heavy (non-hydrogen) atoms. The van der Waals surface area contributed by atoms with Crippen LogP contribution in [-0.2, 0) is 16.6 Å². The summed E-state index contributed by atoms with van der Waals surface area (Å²) in [6.07, 6.45) is 0. The average molecular weight is 428 g/mol. The van der Waals surface area contributed by atoms with E-state index < -0.39 is 15.9 Å². The van der Waals surface area contributed by atoms with Gasteiger partial charge >= 0.3 is 0 Å². The second-order valence-corrected chi connectivity index (χ2v) is 8.98. The zero-order valence-corrected chi connectivity index (χ0v) is 16.8. The largest absolute Gasteiger partial charge is 0.366 e. The van der Waals surface area contributed by atoms with E-state index in [-0.39, 0.29) is 14.9 Å². The number of carbonyl (C=O) groups is 1. The van der Waals surface area contributed by atoms with E-state index in [1.54, 1.807) is 18.2 Å². The number of sulfonamides is 1. The van der Waals surface area contributed by atoms with Gasteiger partial charge in [-0.05, 0) is 29.8 Å². The van der Waals surface area contributed by atoms with Crippen molar-refractivity contribution in [1.29, 1.82) is 0 Å². The van der Waals surface area contributed by atoms with Crippen LogP contribution in [0.4, 0.5) is 0 Å². The van der Waals surface area contributed by atoms with Crippen molar-refractivity contribution in [1.82, 2.24) is 9.21 Å². The predicted molar refractivity (Wildman–Crippen MR) is 105 cm³/mol. The van der Waals surface area contributed by atoms with Crippen LogP contribution in [0.5, 0.6) is 0 Å². The quantitative estimate of drug-likeness (QED) is 0.794. The van der Waals surface area contributed by atoms with Crippen LogP contribution in [0.3, 0.4) is 0 Å². The lowest BCUT2D eigenvalue weighted by molar-refractivity contribution is 0.1000. The minimum absolute atomic E-state index is 0.0381. The molecule has 0 aromatic heterocycles. The maximum absolute atomic E-state index is 12.9. The summed E-state index contributed by atoms with van der Waals surface area (Å²) in [5.74, 6) is -0.460. The second-order valence-electron chi connectivity index (χ2n) is 6.29. The molecule has 0 bridgehead atoms. The van der Waals surface area contributed by atoms with Crippen molar-refractivity contribution in [2.45, 2.75) is 11.4 Å². The first kappa shape index (κ1) is 20.1. The third kappa shape index (κ3) is 4.44. The van der Waals surface area contributed by atoms with Crippen LogP contribution in [-0.4, -0.2) is 49.7 Å². The van der Waals surface area contributed by atoms with Crippen molar-refractivity contribution in [2.75, 3.05) is 26.2 Å². The highest BCUT2D eigenvalue weighted by atomic mass is 35.5. The van der Waals surface area contributed by atoms with Gasteiger partial charge in [0.05, 0.1) is 10.0 Å². The number of nitrogens with zero attached hydrogens (tertiary/aromatic N) is 2. The van der Waals surface area contributed by atoms with Crippen LogP contribution in [0.15, 0.2) is 47.4 Å². The molecule has 2 N–H and O–H groups in total. The molecular weight excluding hydrogens is 409 g/mol. The summed E-state index contributed by atoms with van der Waals surface area (Å²) in [7, 11) is -3.74. The lowest BCUT2D eigenvalue weighted by Crippen LogP contribution is -2.48. The molecule has 0 saturated carbocycles. The Balaban J connectivity index is 1.65. The number of hydrogen-bond donors (Lipinski definition) is 1. The van der Waals surface area contributed by atoms with Crippen molar-refractivity contribution in [3.8, 4) is 0 Å². The number of piperazine rings is 1. The SMILES string of the molecule is NC(=O)c1ccc(CN2CCN(S(=O)(=O)c3c(Cl)cccc3Cl)CC2)cc1. The van der Waals surface area contributed by atoms with Crippen LogP contribution in [0.25, 0.3) is 0 Å². The van der Waals surface area contributed by atoms with Gasteiger partial charge in [-0.25, -0.2) is 8.42 Å².